The highest BCUT2D eigenvalue weighted by atomic mass is 35.5. The molecule has 3 aromatic rings. The summed E-state index contributed by atoms with van der Waals surface area (Å²) in [6.07, 6.45) is -0.509. The van der Waals surface area contributed by atoms with Crippen LogP contribution in [-0.4, -0.2) is 81.7 Å². The van der Waals surface area contributed by atoms with Gasteiger partial charge in [0.2, 0.25) is 6.41 Å². The average molecular weight is 598 g/mol. The minimum Gasteiger partial charge on any atom is -0.388 e. The fraction of sp³-hybridized carbons (Fsp3) is 0.536. The number of amides is 1. The lowest BCUT2D eigenvalue weighted by Gasteiger charge is -2.36. The number of nitrogens with zero attached hydrogens (tertiary/aromatic N) is 4. The van der Waals surface area contributed by atoms with Gasteiger partial charge < -0.3 is 20.1 Å². The molecular weight excluding hydrogens is 563 g/mol. The molecule has 2 atom stereocenters. The van der Waals surface area contributed by atoms with Crippen molar-refractivity contribution < 1.29 is 27.8 Å². The third-order valence-corrected chi connectivity index (χ3v) is 7.75. The Bertz CT molecular complexity index is 1340. The van der Waals surface area contributed by atoms with E-state index < -0.39 is 17.7 Å². The van der Waals surface area contributed by atoms with Crippen molar-refractivity contribution in [1.82, 2.24) is 24.3 Å². The van der Waals surface area contributed by atoms with E-state index in [1.54, 1.807) is 22.5 Å². The number of benzene rings is 1. The third-order valence-electron chi connectivity index (χ3n) is 7.47. The first-order chi connectivity index (χ1) is 19.5. The molecule has 1 amide bonds. The van der Waals surface area contributed by atoms with Crippen molar-refractivity contribution in [3.63, 3.8) is 0 Å². The monoisotopic (exact) mass is 597 g/mol. The van der Waals surface area contributed by atoms with Crippen LogP contribution < -0.4 is 10.9 Å². The molecular formula is C28H35ClF3N5O4. The highest BCUT2D eigenvalue weighted by Crippen LogP contribution is 2.49. The number of alkyl halides is 3. The number of nitrogens with one attached hydrogen (secondary N) is 1. The van der Waals surface area contributed by atoms with Crippen molar-refractivity contribution in [3.8, 4) is 5.69 Å². The summed E-state index contributed by atoms with van der Waals surface area (Å²) in [6.45, 7) is 6.54. The summed E-state index contributed by atoms with van der Waals surface area (Å²) in [6, 6.07) is 11.1. The number of likely N-dealkylation sites (tertiary alicyclic amines) is 1. The van der Waals surface area contributed by atoms with Gasteiger partial charge in [0.1, 0.15) is 11.5 Å². The number of carbonyl (C=O) groups excluding carboxylic acids is 1. The number of rotatable bonds is 4. The summed E-state index contributed by atoms with van der Waals surface area (Å²) >= 11 is 6.36. The van der Waals surface area contributed by atoms with Gasteiger partial charge in [0.05, 0.1) is 36.7 Å². The zero-order chi connectivity index (χ0) is 29.6. The largest absolute Gasteiger partial charge is 0.392 e. The lowest BCUT2D eigenvalue weighted by molar-refractivity contribution is -0.150. The zero-order valence-corrected chi connectivity index (χ0v) is 23.6. The molecule has 4 heterocycles. The molecule has 0 spiro atoms. The SMILES string of the molecule is C1COCCN1.CC1CC1C(F)(F)F.O=CN1CCC(O)(Cn2cnc3c(cc(Cl)n3-c3ccccc3)c2=O)CC1. The van der Waals surface area contributed by atoms with Gasteiger partial charge in [-0.1, -0.05) is 36.7 Å². The van der Waals surface area contributed by atoms with Crippen LogP contribution in [0.25, 0.3) is 16.7 Å². The van der Waals surface area contributed by atoms with Crippen LogP contribution in [-0.2, 0) is 16.1 Å². The Balaban J connectivity index is 0.000000225. The number of piperidine rings is 1. The molecule has 41 heavy (non-hydrogen) atoms. The Labute approximate surface area is 240 Å². The molecule has 2 aromatic heterocycles. The summed E-state index contributed by atoms with van der Waals surface area (Å²) in [7, 11) is 0. The molecule has 3 fully saturated rings. The van der Waals surface area contributed by atoms with Crippen molar-refractivity contribution in [2.75, 3.05) is 39.4 Å². The minimum absolute atomic E-state index is 0.116. The summed E-state index contributed by atoms with van der Waals surface area (Å²) in [4.78, 5) is 29.8. The van der Waals surface area contributed by atoms with Crippen molar-refractivity contribution in [1.29, 1.82) is 0 Å². The van der Waals surface area contributed by atoms with Crippen LogP contribution in [0, 0.1) is 11.8 Å². The molecule has 6 rings (SSSR count). The first-order valence-electron chi connectivity index (χ1n) is 13.6. The van der Waals surface area contributed by atoms with Crippen LogP contribution in [0.3, 0.4) is 0 Å². The number of ether oxygens (including phenoxy) is 1. The van der Waals surface area contributed by atoms with E-state index in [2.05, 4.69) is 10.3 Å². The molecule has 2 saturated heterocycles. The van der Waals surface area contributed by atoms with E-state index in [0.29, 0.717) is 48.5 Å². The van der Waals surface area contributed by atoms with Gasteiger partial charge in [-0.15, -0.1) is 0 Å². The zero-order valence-electron chi connectivity index (χ0n) is 22.8. The van der Waals surface area contributed by atoms with Crippen molar-refractivity contribution >= 4 is 29.0 Å². The lowest BCUT2D eigenvalue weighted by Crippen LogP contribution is -2.47. The number of hydrogen-bond acceptors (Lipinski definition) is 6. The van der Waals surface area contributed by atoms with Gasteiger partial charge in [0.15, 0.2) is 5.65 Å². The smallest absolute Gasteiger partial charge is 0.388 e. The molecule has 2 aliphatic heterocycles. The first kappa shape index (κ1) is 31.0. The standard InChI is InChI=1S/C19H19ClN4O3.C5H7F3.C4H9NO/c20-16-10-15-17(24(16)14-4-2-1-3-5-14)21-12-23(18(15)26)11-19(27)6-8-22(13-25)9-7-19;1-3-2-4(3)5(6,7)8;1-3-6-4-2-5-1/h1-5,10,12-13,27H,6-9,11H2;3-4H,2H2,1H3;5H,1-4H2. The normalized spacial score (nSPS) is 21.8. The highest BCUT2D eigenvalue weighted by Gasteiger charge is 2.53. The Morgan fingerprint density at radius 3 is 2.29 bits per heavy atom. The Hall–Kier alpha value is -2.93. The number of aliphatic hydroxyl groups is 1. The number of para-hydroxylation sites is 1. The third kappa shape index (κ3) is 8.09. The summed E-state index contributed by atoms with van der Waals surface area (Å²) < 4.78 is 42.6. The van der Waals surface area contributed by atoms with Crippen LogP contribution in [0.15, 0.2) is 47.5 Å². The van der Waals surface area contributed by atoms with Crippen LogP contribution in [0.5, 0.6) is 0 Å². The second-order valence-corrected chi connectivity index (χ2v) is 11.0. The summed E-state index contributed by atoms with van der Waals surface area (Å²) in [5, 5.41) is 14.8. The number of halogens is 4. The Morgan fingerprint density at radius 2 is 1.83 bits per heavy atom. The number of morpholine rings is 1. The molecule has 1 aromatic carbocycles. The highest BCUT2D eigenvalue weighted by molar-refractivity contribution is 6.31. The molecule has 0 bridgehead atoms. The molecule has 224 valence electrons. The Kier molecular flexibility index (Phi) is 10.1. The maximum absolute atomic E-state index is 12.9. The predicted octanol–water partition coefficient (Wildman–Crippen LogP) is 3.63. The Morgan fingerprint density at radius 1 is 1.20 bits per heavy atom. The van der Waals surface area contributed by atoms with E-state index in [4.69, 9.17) is 16.3 Å². The molecule has 2 unspecified atom stereocenters. The van der Waals surface area contributed by atoms with E-state index >= 15 is 0 Å². The van der Waals surface area contributed by atoms with Crippen molar-refractivity contribution in [3.05, 3.63) is 58.2 Å². The van der Waals surface area contributed by atoms with Gasteiger partial charge in [-0.2, -0.15) is 13.2 Å². The van der Waals surface area contributed by atoms with Gasteiger partial charge in [-0.05, 0) is 43.4 Å². The van der Waals surface area contributed by atoms with Gasteiger partial charge in [-0.25, -0.2) is 4.98 Å². The average Bonchev–Trinajstić information content (AvgIpc) is 3.63. The topological polar surface area (TPSA) is 102 Å². The molecule has 9 nitrogen and oxygen atoms in total. The van der Waals surface area contributed by atoms with E-state index in [1.165, 1.54) is 10.9 Å². The van der Waals surface area contributed by atoms with E-state index in [9.17, 15) is 27.9 Å². The second-order valence-electron chi connectivity index (χ2n) is 10.6. The molecule has 13 heteroatoms. The van der Waals surface area contributed by atoms with Crippen LogP contribution in [0.1, 0.15) is 26.2 Å². The van der Waals surface area contributed by atoms with Crippen LogP contribution in [0.4, 0.5) is 13.2 Å². The lowest BCUT2D eigenvalue weighted by atomic mass is 9.91. The predicted molar refractivity (Wildman–Crippen MR) is 149 cm³/mol. The van der Waals surface area contributed by atoms with Crippen LogP contribution >= 0.6 is 11.6 Å². The van der Waals surface area contributed by atoms with Crippen LogP contribution in [0.2, 0.25) is 5.15 Å². The van der Waals surface area contributed by atoms with Gasteiger partial charge in [-0.3, -0.25) is 18.7 Å². The maximum atomic E-state index is 12.9. The number of hydrogen-bond donors (Lipinski definition) is 2. The molecule has 0 radical (unpaired) electrons. The first-order valence-corrected chi connectivity index (χ1v) is 14.0. The number of aromatic nitrogens is 3. The molecule has 2 N–H and O–H groups in total. The second kappa shape index (κ2) is 13.4. The quantitative estimate of drug-likeness (QED) is 0.446. The fourth-order valence-corrected chi connectivity index (χ4v) is 5.12. The molecule has 1 saturated carbocycles. The van der Waals surface area contributed by atoms with Gasteiger partial charge >= 0.3 is 6.18 Å². The minimum atomic E-state index is -3.92. The van der Waals surface area contributed by atoms with Gasteiger partial charge in [0, 0.05) is 31.9 Å². The number of fused-ring (bicyclic) bond motifs is 1. The summed E-state index contributed by atoms with van der Waals surface area (Å²) in [5.74, 6) is -1.10. The fourth-order valence-electron chi connectivity index (χ4n) is 4.84. The molecule has 3 aliphatic rings. The van der Waals surface area contributed by atoms with E-state index in [1.807, 2.05) is 30.3 Å². The van der Waals surface area contributed by atoms with Gasteiger partial charge in [0.25, 0.3) is 5.56 Å². The summed E-state index contributed by atoms with van der Waals surface area (Å²) in [5.41, 5.74) is 0.0184. The molecule has 1 aliphatic carbocycles. The van der Waals surface area contributed by atoms with Crippen molar-refractivity contribution in [2.24, 2.45) is 11.8 Å². The number of carbonyl (C=O) groups is 1. The van der Waals surface area contributed by atoms with Crippen molar-refractivity contribution in [2.45, 2.75) is 44.5 Å². The van der Waals surface area contributed by atoms with E-state index in [0.717, 1.165) is 38.4 Å². The van der Waals surface area contributed by atoms with E-state index in [-0.39, 0.29) is 18.0 Å². The maximum Gasteiger partial charge on any atom is 0.392 e.